The minimum atomic E-state index is 0.136. The molecule has 2 rings (SSSR count). The van der Waals surface area contributed by atoms with Crippen molar-refractivity contribution in [1.29, 1.82) is 5.41 Å². The normalized spacial score (nSPS) is 19.7. The van der Waals surface area contributed by atoms with Crippen LogP contribution < -0.4 is 5.73 Å². The molecule has 3 nitrogen and oxygen atoms in total. The highest BCUT2D eigenvalue weighted by Gasteiger charge is 2.26. The average Bonchev–Trinajstić information content (AvgIpc) is 2.28. The van der Waals surface area contributed by atoms with Crippen molar-refractivity contribution in [3.8, 4) is 0 Å². The molecule has 3 N–H and O–H groups in total. The molecule has 1 aliphatic rings. The third kappa shape index (κ3) is 3.50. The largest absolute Gasteiger partial charge is 0.384 e. The number of amidine groups is 1. The van der Waals surface area contributed by atoms with Crippen LogP contribution in [0.15, 0.2) is 24.3 Å². The van der Waals surface area contributed by atoms with Crippen molar-refractivity contribution in [1.82, 2.24) is 4.90 Å². The maximum absolute atomic E-state index is 7.38. The minimum absolute atomic E-state index is 0.136. The molecule has 98 valence electrons. The van der Waals surface area contributed by atoms with Gasteiger partial charge >= 0.3 is 0 Å². The van der Waals surface area contributed by atoms with Gasteiger partial charge in [0.25, 0.3) is 0 Å². The van der Waals surface area contributed by atoms with E-state index < -0.39 is 0 Å². The van der Waals surface area contributed by atoms with E-state index in [9.17, 15) is 0 Å². The zero-order chi connectivity index (χ0) is 13.2. The van der Waals surface area contributed by atoms with E-state index in [4.69, 9.17) is 11.1 Å². The Hall–Kier alpha value is -1.00. The van der Waals surface area contributed by atoms with Crippen LogP contribution in [0.25, 0.3) is 0 Å². The number of thioether (sulfide) groups is 1. The summed E-state index contributed by atoms with van der Waals surface area (Å²) in [5, 5.41) is 7.38. The van der Waals surface area contributed by atoms with Gasteiger partial charge in [0.2, 0.25) is 0 Å². The van der Waals surface area contributed by atoms with E-state index in [2.05, 4.69) is 42.6 Å². The zero-order valence-electron chi connectivity index (χ0n) is 11.1. The Kier molecular flexibility index (Phi) is 3.97. The summed E-state index contributed by atoms with van der Waals surface area (Å²) in [6, 6.07) is 8.01. The van der Waals surface area contributed by atoms with Crippen LogP contribution in [0.2, 0.25) is 0 Å². The van der Waals surface area contributed by atoms with E-state index in [0.717, 1.165) is 25.2 Å². The fourth-order valence-corrected chi connectivity index (χ4v) is 3.47. The van der Waals surface area contributed by atoms with Gasteiger partial charge in [0, 0.05) is 35.7 Å². The van der Waals surface area contributed by atoms with Crippen LogP contribution in [0.1, 0.15) is 25.0 Å². The Balaban J connectivity index is 1.99. The van der Waals surface area contributed by atoms with Crippen molar-refractivity contribution in [3.63, 3.8) is 0 Å². The molecule has 0 bridgehead atoms. The predicted molar refractivity (Wildman–Crippen MR) is 79.3 cm³/mol. The summed E-state index contributed by atoms with van der Waals surface area (Å²) in [6.45, 7) is 7.89. The molecule has 1 heterocycles. The molecule has 0 unspecified atom stereocenters. The van der Waals surface area contributed by atoms with Gasteiger partial charge in [0.15, 0.2) is 0 Å². The Morgan fingerprint density at radius 2 is 2.06 bits per heavy atom. The Labute approximate surface area is 113 Å². The van der Waals surface area contributed by atoms with Gasteiger partial charge < -0.3 is 5.73 Å². The number of hydrogen-bond donors (Lipinski definition) is 2. The molecule has 0 atom stereocenters. The summed E-state index contributed by atoms with van der Waals surface area (Å²) >= 11 is 2.05. The molecule has 1 saturated heterocycles. The standard InChI is InChI=1S/C14H21N3S/c1-14(2)10-17(7-8-18-14)9-11-3-5-12(6-4-11)13(15)16/h3-6H,7-10H2,1-2H3,(H3,15,16). The first-order valence-electron chi connectivity index (χ1n) is 6.26. The van der Waals surface area contributed by atoms with Gasteiger partial charge in [-0.2, -0.15) is 11.8 Å². The molecule has 1 aromatic carbocycles. The van der Waals surface area contributed by atoms with Crippen molar-refractivity contribution < 1.29 is 0 Å². The van der Waals surface area contributed by atoms with Crippen LogP contribution in [0, 0.1) is 5.41 Å². The summed E-state index contributed by atoms with van der Waals surface area (Å²) in [6.07, 6.45) is 0. The quantitative estimate of drug-likeness (QED) is 0.650. The highest BCUT2D eigenvalue weighted by molar-refractivity contribution is 8.00. The van der Waals surface area contributed by atoms with Crippen LogP contribution in [0.3, 0.4) is 0 Å². The molecule has 0 radical (unpaired) electrons. The monoisotopic (exact) mass is 263 g/mol. The highest BCUT2D eigenvalue weighted by Crippen LogP contribution is 2.30. The summed E-state index contributed by atoms with van der Waals surface area (Å²) in [5.41, 5.74) is 7.55. The minimum Gasteiger partial charge on any atom is -0.384 e. The molecular weight excluding hydrogens is 242 g/mol. The molecule has 1 aliphatic heterocycles. The maximum Gasteiger partial charge on any atom is 0.122 e. The second-order valence-electron chi connectivity index (χ2n) is 5.43. The van der Waals surface area contributed by atoms with Crippen LogP contribution in [0.4, 0.5) is 0 Å². The van der Waals surface area contributed by atoms with Crippen LogP contribution in [-0.2, 0) is 6.54 Å². The smallest absolute Gasteiger partial charge is 0.122 e. The maximum atomic E-state index is 7.38. The van der Waals surface area contributed by atoms with Crippen molar-refractivity contribution in [3.05, 3.63) is 35.4 Å². The molecular formula is C14H21N3S. The van der Waals surface area contributed by atoms with E-state index in [1.165, 1.54) is 11.3 Å². The fourth-order valence-electron chi connectivity index (χ4n) is 2.30. The van der Waals surface area contributed by atoms with Gasteiger partial charge in [0.1, 0.15) is 5.84 Å². The van der Waals surface area contributed by atoms with Gasteiger partial charge in [0.05, 0.1) is 0 Å². The topological polar surface area (TPSA) is 53.1 Å². The molecule has 1 fully saturated rings. The number of hydrogen-bond acceptors (Lipinski definition) is 3. The third-order valence-corrected chi connectivity index (χ3v) is 4.47. The molecule has 0 spiro atoms. The summed E-state index contributed by atoms with van der Waals surface area (Å²) in [5.74, 6) is 1.34. The van der Waals surface area contributed by atoms with Crippen molar-refractivity contribution >= 4 is 17.6 Å². The van der Waals surface area contributed by atoms with Crippen molar-refractivity contribution in [2.24, 2.45) is 5.73 Å². The van der Waals surface area contributed by atoms with Gasteiger partial charge in [-0.25, -0.2) is 0 Å². The summed E-state index contributed by atoms with van der Waals surface area (Å²) < 4.78 is 0.359. The number of benzene rings is 1. The second-order valence-corrected chi connectivity index (χ2v) is 7.23. The SMILES string of the molecule is CC1(C)CN(Cc2ccc(C(=N)N)cc2)CCS1. The van der Waals surface area contributed by atoms with Gasteiger partial charge in [-0.05, 0) is 19.4 Å². The van der Waals surface area contributed by atoms with Crippen molar-refractivity contribution in [2.45, 2.75) is 25.1 Å². The summed E-state index contributed by atoms with van der Waals surface area (Å²) in [7, 11) is 0. The van der Waals surface area contributed by atoms with E-state index in [1.54, 1.807) is 0 Å². The highest BCUT2D eigenvalue weighted by atomic mass is 32.2. The predicted octanol–water partition coefficient (Wildman–Crippen LogP) is 2.30. The Morgan fingerprint density at radius 1 is 1.39 bits per heavy atom. The van der Waals surface area contributed by atoms with Gasteiger partial charge in [-0.3, -0.25) is 10.3 Å². The second kappa shape index (κ2) is 5.33. The molecule has 0 aromatic heterocycles. The lowest BCUT2D eigenvalue weighted by atomic mass is 10.1. The average molecular weight is 263 g/mol. The van der Waals surface area contributed by atoms with Crippen LogP contribution >= 0.6 is 11.8 Å². The Bertz CT molecular complexity index is 425. The van der Waals surface area contributed by atoms with Crippen LogP contribution in [0.5, 0.6) is 0 Å². The zero-order valence-corrected chi connectivity index (χ0v) is 11.9. The Morgan fingerprint density at radius 3 is 2.61 bits per heavy atom. The lowest BCUT2D eigenvalue weighted by Crippen LogP contribution is -2.42. The lowest BCUT2D eigenvalue weighted by molar-refractivity contribution is 0.252. The van der Waals surface area contributed by atoms with E-state index >= 15 is 0 Å². The number of rotatable bonds is 3. The van der Waals surface area contributed by atoms with E-state index in [0.29, 0.717) is 4.75 Å². The molecule has 0 saturated carbocycles. The third-order valence-electron chi connectivity index (χ3n) is 3.18. The molecule has 0 amide bonds. The van der Waals surface area contributed by atoms with Crippen molar-refractivity contribution in [2.75, 3.05) is 18.8 Å². The molecule has 0 aliphatic carbocycles. The molecule has 4 heteroatoms. The van der Waals surface area contributed by atoms with Gasteiger partial charge in [-0.15, -0.1) is 0 Å². The first-order chi connectivity index (χ1) is 8.46. The molecule has 18 heavy (non-hydrogen) atoms. The van der Waals surface area contributed by atoms with Gasteiger partial charge in [-0.1, -0.05) is 24.3 Å². The number of nitrogens with two attached hydrogens (primary N) is 1. The molecule has 1 aromatic rings. The first-order valence-corrected chi connectivity index (χ1v) is 7.24. The van der Waals surface area contributed by atoms with Crippen LogP contribution in [-0.4, -0.2) is 34.3 Å². The summed E-state index contributed by atoms with van der Waals surface area (Å²) in [4.78, 5) is 2.50. The number of nitrogens with one attached hydrogen (secondary N) is 1. The van der Waals surface area contributed by atoms with E-state index in [1.807, 2.05) is 12.1 Å². The van der Waals surface area contributed by atoms with E-state index in [-0.39, 0.29) is 5.84 Å². The number of nitrogen functional groups attached to an aromatic ring is 1. The number of nitrogens with zero attached hydrogens (tertiary/aromatic N) is 1. The first kappa shape index (κ1) is 13.4. The fraction of sp³-hybridized carbons (Fsp3) is 0.500. The lowest BCUT2D eigenvalue weighted by Gasteiger charge is -2.37.